The first kappa shape index (κ1) is 15.1. The standard InChI is InChI=1S/C19H30N2/c1-2-20-14-16-9-11-17(12-10-16)15-21-13-5-7-18-6-3-4-8-19(18)21/h9-12,18-20H,2-8,13-15H2,1H3. The van der Waals surface area contributed by atoms with Gasteiger partial charge in [-0.2, -0.15) is 0 Å². The lowest BCUT2D eigenvalue weighted by molar-refractivity contribution is 0.0547. The van der Waals surface area contributed by atoms with E-state index in [0.29, 0.717) is 0 Å². The highest BCUT2D eigenvalue weighted by molar-refractivity contribution is 5.22. The number of likely N-dealkylation sites (tertiary alicyclic amines) is 1. The fourth-order valence-corrected chi connectivity index (χ4v) is 4.19. The summed E-state index contributed by atoms with van der Waals surface area (Å²) in [4.78, 5) is 2.77. The van der Waals surface area contributed by atoms with Crippen molar-refractivity contribution in [1.29, 1.82) is 0 Å². The van der Waals surface area contributed by atoms with Crippen molar-refractivity contribution in [3.8, 4) is 0 Å². The van der Waals surface area contributed by atoms with Crippen LogP contribution < -0.4 is 5.32 Å². The summed E-state index contributed by atoms with van der Waals surface area (Å²) in [5, 5.41) is 3.39. The number of hydrogen-bond acceptors (Lipinski definition) is 2. The minimum atomic E-state index is 0.869. The van der Waals surface area contributed by atoms with Crippen molar-refractivity contribution in [2.45, 2.75) is 64.6 Å². The van der Waals surface area contributed by atoms with Gasteiger partial charge in [0.2, 0.25) is 0 Å². The van der Waals surface area contributed by atoms with Crippen molar-refractivity contribution in [2.75, 3.05) is 13.1 Å². The van der Waals surface area contributed by atoms with E-state index in [-0.39, 0.29) is 0 Å². The molecule has 3 rings (SSSR count). The molecule has 2 unspecified atom stereocenters. The van der Waals surface area contributed by atoms with Crippen LogP contribution in [-0.4, -0.2) is 24.0 Å². The third-order valence-electron chi connectivity index (χ3n) is 5.35. The summed E-state index contributed by atoms with van der Waals surface area (Å²) < 4.78 is 0. The van der Waals surface area contributed by atoms with E-state index in [4.69, 9.17) is 0 Å². The van der Waals surface area contributed by atoms with Crippen LogP contribution in [0.5, 0.6) is 0 Å². The molecule has 2 aliphatic rings. The van der Waals surface area contributed by atoms with Gasteiger partial charge < -0.3 is 5.32 Å². The summed E-state index contributed by atoms with van der Waals surface area (Å²) in [6.45, 7) is 6.65. The Morgan fingerprint density at radius 2 is 1.71 bits per heavy atom. The van der Waals surface area contributed by atoms with Gasteiger partial charge in [0.1, 0.15) is 0 Å². The van der Waals surface area contributed by atoms with Crippen LogP contribution in [0.1, 0.15) is 56.6 Å². The lowest BCUT2D eigenvalue weighted by Gasteiger charge is -2.44. The maximum atomic E-state index is 3.39. The topological polar surface area (TPSA) is 15.3 Å². The van der Waals surface area contributed by atoms with E-state index in [1.165, 1.54) is 56.2 Å². The molecular formula is C19H30N2. The number of nitrogens with zero attached hydrogens (tertiary/aromatic N) is 1. The zero-order chi connectivity index (χ0) is 14.5. The van der Waals surface area contributed by atoms with Crippen molar-refractivity contribution >= 4 is 0 Å². The normalized spacial score (nSPS) is 26.5. The first-order chi connectivity index (χ1) is 10.4. The zero-order valence-electron chi connectivity index (χ0n) is 13.5. The third-order valence-corrected chi connectivity index (χ3v) is 5.35. The summed E-state index contributed by atoms with van der Waals surface area (Å²) in [6, 6.07) is 10.1. The van der Waals surface area contributed by atoms with Gasteiger partial charge in [0, 0.05) is 19.1 Å². The molecule has 1 aromatic carbocycles. The molecule has 116 valence electrons. The van der Waals surface area contributed by atoms with E-state index in [0.717, 1.165) is 31.6 Å². The summed E-state index contributed by atoms with van der Waals surface area (Å²) in [5.41, 5.74) is 2.89. The zero-order valence-corrected chi connectivity index (χ0v) is 13.5. The number of piperidine rings is 1. The van der Waals surface area contributed by atoms with Gasteiger partial charge >= 0.3 is 0 Å². The molecule has 2 atom stereocenters. The van der Waals surface area contributed by atoms with Crippen LogP contribution in [0.2, 0.25) is 0 Å². The Morgan fingerprint density at radius 3 is 2.52 bits per heavy atom. The van der Waals surface area contributed by atoms with Crippen molar-refractivity contribution < 1.29 is 0 Å². The Balaban J connectivity index is 1.59. The summed E-state index contributed by atoms with van der Waals surface area (Å²) in [6.07, 6.45) is 8.70. The molecule has 1 N–H and O–H groups in total. The third kappa shape index (κ3) is 3.87. The number of hydrogen-bond donors (Lipinski definition) is 1. The van der Waals surface area contributed by atoms with Crippen LogP contribution in [0.3, 0.4) is 0 Å². The number of benzene rings is 1. The molecule has 0 amide bonds. The highest BCUT2D eigenvalue weighted by Crippen LogP contribution is 2.35. The molecule has 0 bridgehead atoms. The van der Waals surface area contributed by atoms with E-state index in [1.807, 2.05) is 0 Å². The maximum Gasteiger partial charge on any atom is 0.0236 e. The molecule has 21 heavy (non-hydrogen) atoms. The molecule has 1 saturated carbocycles. The molecule has 2 heteroatoms. The van der Waals surface area contributed by atoms with E-state index in [9.17, 15) is 0 Å². The molecule has 0 spiro atoms. The fourth-order valence-electron chi connectivity index (χ4n) is 4.19. The molecular weight excluding hydrogens is 256 g/mol. The average molecular weight is 286 g/mol. The minimum absolute atomic E-state index is 0.869. The van der Waals surface area contributed by atoms with Gasteiger partial charge in [-0.3, -0.25) is 4.90 Å². The van der Waals surface area contributed by atoms with Gasteiger partial charge in [-0.05, 0) is 55.8 Å². The fraction of sp³-hybridized carbons (Fsp3) is 0.684. The number of rotatable bonds is 5. The van der Waals surface area contributed by atoms with Crippen molar-refractivity contribution in [3.63, 3.8) is 0 Å². The van der Waals surface area contributed by atoms with Gasteiger partial charge in [-0.15, -0.1) is 0 Å². The second-order valence-corrected chi connectivity index (χ2v) is 6.82. The Bertz CT molecular complexity index is 424. The monoisotopic (exact) mass is 286 g/mol. The van der Waals surface area contributed by atoms with E-state index in [2.05, 4.69) is 41.4 Å². The molecule has 1 saturated heterocycles. The Morgan fingerprint density at radius 1 is 1.00 bits per heavy atom. The van der Waals surface area contributed by atoms with Gasteiger partial charge in [0.15, 0.2) is 0 Å². The smallest absolute Gasteiger partial charge is 0.0236 e. The summed E-state index contributed by atoms with van der Waals surface area (Å²) >= 11 is 0. The Hall–Kier alpha value is -0.860. The van der Waals surface area contributed by atoms with Crippen molar-refractivity contribution in [3.05, 3.63) is 35.4 Å². The highest BCUT2D eigenvalue weighted by atomic mass is 15.2. The molecule has 0 radical (unpaired) electrons. The van der Waals surface area contributed by atoms with Gasteiger partial charge in [0.25, 0.3) is 0 Å². The second kappa shape index (κ2) is 7.42. The van der Waals surface area contributed by atoms with Crippen LogP contribution >= 0.6 is 0 Å². The van der Waals surface area contributed by atoms with Gasteiger partial charge in [-0.25, -0.2) is 0 Å². The predicted octanol–water partition coefficient (Wildman–Crippen LogP) is 3.95. The van der Waals surface area contributed by atoms with Gasteiger partial charge in [-0.1, -0.05) is 44.0 Å². The van der Waals surface area contributed by atoms with Crippen molar-refractivity contribution in [1.82, 2.24) is 10.2 Å². The second-order valence-electron chi connectivity index (χ2n) is 6.82. The quantitative estimate of drug-likeness (QED) is 0.881. The number of fused-ring (bicyclic) bond motifs is 1. The Labute approximate surface area is 129 Å². The van der Waals surface area contributed by atoms with Crippen LogP contribution in [0, 0.1) is 5.92 Å². The average Bonchev–Trinajstić information content (AvgIpc) is 2.55. The molecule has 1 aliphatic carbocycles. The van der Waals surface area contributed by atoms with E-state index >= 15 is 0 Å². The first-order valence-electron chi connectivity index (χ1n) is 8.89. The molecule has 0 aromatic heterocycles. The molecule has 2 fully saturated rings. The lowest BCUT2D eigenvalue weighted by Crippen LogP contribution is -2.46. The largest absolute Gasteiger partial charge is 0.313 e. The maximum absolute atomic E-state index is 3.39. The van der Waals surface area contributed by atoms with Crippen LogP contribution in [-0.2, 0) is 13.1 Å². The number of nitrogens with one attached hydrogen (secondary N) is 1. The predicted molar refractivity (Wildman–Crippen MR) is 89.2 cm³/mol. The van der Waals surface area contributed by atoms with Crippen LogP contribution in [0.15, 0.2) is 24.3 Å². The molecule has 1 aliphatic heterocycles. The molecule has 1 heterocycles. The first-order valence-corrected chi connectivity index (χ1v) is 8.89. The summed E-state index contributed by atoms with van der Waals surface area (Å²) in [7, 11) is 0. The SMILES string of the molecule is CCNCc1ccc(CN2CCCC3CCCCC32)cc1. The van der Waals surface area contributed by atoms with Crippen LogP contribution in [0.25, 0.3) is 0 Å². The molecule has 2 nitrogen and oxygen atoms in total. The minimum Gasteiger partial charge on any atom is -0.313 e. The highest BCUT2D eigenvalue weighted by Gasteiger charge is 2.32. The Kier molecular flexibility index (Phi) is 5.32. The molecule has 1 aromatic rings. The van der Waals surface area contributed by atoms with Crippen molar-refractivity contribution in [2.24, 2.45) is 5.92 Å². The lowest BCUT2D eigenvalue weighted by atomic mass is 9.78. The van der Waals surface area contributed by atoms with Gasteiger partial charge in [0.05, 0.1) is 0 Å². The van der Waals surface area contributed by atoms with Crippen LogP contribution in [0.4, 0.5) is 0 Å². The van der Waals surface area contributed by atoms with E-state index in [1.54, 1.807) is 0 Å². The van der Waals surface area contributed by atoms with E-state index < -0.39 is 0 Å². The summed E-state index contributed by atoms with van der Waals surface area (Å²) in [5.74, 6) is 0.987.